The number of hydrogen-bond acceptors (Lipinski definition) is 6. The van der Waals surface area contributed by atoms with Crippen LogP contribution in [0.15, 0.2) is 41.3 Å². The molecule has 1 saturated heterocycles. The molecule has 140 valence electrons. The SMILES string of the molecule is O=C(c1cc(Cl)ccc1NS(=O)(=O)c1cccc2nsnc12)N1CCCC1. The van der Waals surface area contributed by atoms with E-state index < -0.39 is 10.0 Å². The van der Waals surface area contributed by atoms with E-state index in [0.717, 1.165) is 24.6 Å². The predicted molar refractivity (Wildman–Crippen MR) is 105 cm³/mol. The number of rotatable bonds is 4. The van der Waals surface area contributed by atoms with Gasteiger partial charge in [-0.1, -0.05) is 17.7 Å². The maximum Gasteiger partial charge on any atom is 0.264 e. The third kappa shape index (κ3) is 3.50. The van der Waals surface area contributed by atoms with E-state index in [4.69, 9.17) is 11.6 Å². The Hall–Kier alpha value is -2.23. The van der Waals surface area contributed by atoms with Gasteiger partial charge in [0.05, 0.1) is 23.0 Å². The van der Waals surface area contributed by atoms with Crippen LogP contribution in [0.2, 0.25) is 5.02 Å². The number of nitrogens with one attached hydrogen (secondary N) is 1. The van der Waals surface area contributed by atoms with Crippen LogP contribution in [0.4, 0.5) is 5.69 Å². The van der Waals surface area contributed by atoms with Crippen molar-refractivity contribution in [1.29, 1.82) is 0 Å². The molecule has 1 aromatic heterocycles. The number of hydrogen-bond donors (Lipinski definition) is 1. The molecule has 10 heteroatoms. The molecule has 4 rings (SSSR count). The van der Waals surface area contributed by atoms with Crippen molar-refractivity contribution >= 4 is 56.0 Å². The van der Waals surface area contributed by atoms with Crippen LogP contribution in [0.5, 0.6) is 0 Å². The third-order valence-corrected chi connectivity index (χ3v) is 6.56. The largest absolute Gasteiger partial charge is 0.339 e. The molecule has 2 heterocycles. The van der Waals surface area contributed by atoms with Crippen molar-refractivity contribution in [3.8, 4) is 0 Å². The van der Waals surface area contributed by atoms with Gasteiger partial charge in [0.15, 0.2) is 0 Å². The van der Waals surface area contributed by atoms with Crippen LogP contribution in [0.1, 0.15) is 23.2 Å². The average molecular weight is 423 g/mol. The van der Waals surface area contributed by atoms with Crippen LogP contribution in [-0.2, 0) is 10.0 Å². The Morgan fingerprint density at radius 1 is 1.15 bits per heavy atom. The fraction of sp³-hybridized carbons (Fsp3) is 0.235. The number of benzene rings is 2. The third-order valence-electron chi connectivity index (χ3n) is 4.39. The van der Waals surface area contributed by atoms with Crippen LogP contribution in [0.3, 0.4) is 0 Å². The summed E-state index contributed by atoms with van der Waals surface area (Å²) in [5.74, 6) is -0.235. The quantitative estimate of drug-likeness (QED) is 0.695. The maximum atomic E-state index is 13.0. The highest BCUT2D eigenvalue weighted by molar-refractivity contribution is 7.93. The van der Waals surface area contributed by atoms with Crippen LogP contribution in [0.25, 0.3) is 11.0 Å². The molecule has 3 aromatic rings. The summed E-state index contributed by atoms with van der Waals surface area (Å²) < 4.78 is 36.6. The van der Waals surface area contributed by atoms with Crippen molar-refractivity contribution in [1.82, 2.24) is 13.6 Å². The highest BCUT2D eigenvalue weighted by atomic mass is 35.5. The van der Waals surface area contributed by atoms with E-state index in [1.807, 2.05) is 0 Å². The summed E-state index contributed by atoms with van der Waals surface area (Å²) in [6.45, 7) is 1.31. The lowest BCUT2D eigenvalue weighted by molar-refractivity contribution is 0.0794. The Morgan fingerprint density at radius 2 is 1.93 bits per heavy atom. The molecular weight excluding hydrogens is 408 g/mol. The van der Waals surface area contributed by atoms with Gasteiger partial charge in [0.25, 0.3) is 15.9 Å². The van der Waals surface area contributed by atoms with Gasteiger partial charge in [0, 0.05) is 18.1 Å². The lowest BCUT2D eigenvalue weighted by Gasteiger charge is -2.18. The average Bonchev–Trinajstić information content (AvgIpc) is 3.33. The summed E-state index contributed by atoms with van der Waals surface area (Å²) in [6, 6.07) is 9.31. The molecule has 27 heavy (non-hydrogen) atoms. The second-order valence-corrected chi connectivity index (χ2v) is 8.80. The van der Waals surface area contributed by atoms with Gasteiger partial charge >= 0.3 is 0 Å². The van der Waals surface area contributed by atoms with Gasteiger partial charge in [-0.15, -0.1) is 0 Å². The zero-order valence-corrected chi connectivity index (χ0v) is 16.4. The van der Waals surface area contributed by atoms with Crippen LogP contribution in [0, 0.1) is 0 Å². The summed E-state index contributed by atoms with van der Waals surface area (Å²) in [5.41, 5.74) is 1.23. The van der Waals surface area contributed by atoms with Gasteiger partial charge in [-0.05, 0) is 43.2 Å². The highest BCUT2D eigenvalue weighted by Crippen LogP contribution is 2.28. The topological polar surface area (TPSA) is 92.3 Å². The molecule has 1 aliphatic heterocycles. The molecule has 7 nitrogen and oxygen atoms in total. The Balaban J connectivity index is 1.74. The van der Waals surface area contributed by atoms with E-state index in [9.17, 15) is 13.2 Å². The zero-order chi connectivity index (χ0) is 19.0. The first-order valence-electron chi connectivity index (χ1n) is 8.29. The van der Waals surface area contributed by atoms with Crippen LogP contribution in [-0.4, -0.2) is 41.1 Å². The van der Waals surface area contributed by atoms with E-state index in [-0.39, 0.29) is 22.1 Å². The van der Waals surface area contributed by atoms with Crippen molar-refractivity contribution < 1.29 is 13.2 Å². The first-order chi connectivity index (χ1) is 13.0. The molecule has 1 fully saturated rings. The van der Waals surface area contributed by atoms with Gasteiger partial charge in [0.1, 0.15) is 15.9 Å². The van der Waals surface area contributed by atoms with Gasteiger partial charge in [-0.2, -0.15) is 8.75 Å². The van der Waals surface area contributed by atoms with Crippen molar-refractivity contribution in [3.63, 3.8) is 0 Å². The van der Waals surface area contributed by atoms with Gasteiger partial charge < -0.3 is 4.90 Å². The standard InChI is InChI=1S/C17H15ClN4O3S2/c18-11-6-7-13(12(10-11)17(23)22-8-1-2-9-22)21-27(24,25)15-5-3-4-14-16(15)20-26-19-14/h3-7,10,21H,1-2,8-9H2. The number of nitrogens with zero attached hydrogens (tertiary/aromatic N) is 3. The van der Waals surface area contributed by atoms with Crippen molar-refractivity contribution in [2.24, 2.45) is 0 Å². The fourth-order valence-corrected chi connectivity index (χ4v) is 5.09. The minimum atomic E-state index is -3.96. The molecule has 0 atom stereocenters. The van der Waals surface area contributed by atoms with E-state index in [0.29, 0.717) is 29.1 Å². The number of fused-ring (bicyclic) bond motifs is 1. The number of amides is 1. The smallest absolute Gasteiger partial charge is 0.264 e. The normalized spacial score (nSPS) is 14.6. The fourth-order valence-electron chi connectivity index (χ4n) is 3.07. The molecule has 0 spiro atoms. The monoisotopic (exact) mass is 422 g/mol. The second-order valence-electron chi connectivity index (χ2n) is 6.18. The number of halogens is 1. The van der Waals surface area contributed by atoms with Gasteiger partial charge in [-0.3, -0.25) is 9.52 Å². The van der Waals surface area contributed by atoms with E-state index >= 15 is 0 Å². The maximum absolute atomic E-state index is 13.0. The zero-order valence-electron chi connectivity index (χ0n) is 14.1. The van der Waals surface area contributed by atoms with E-state index in [1.165, 1.54) is 18.2 Å². The summed E-state index contributed by atoms with van der Waals surface area (Å²) in [7, 11) is -3.96. The number of carbonyl (C=O) groups excluding carboxylic acids is 1. The Morgan fingerprint density at radius 3 is 2.70 bits per heavy atom. The first kappa shape index (κ1) is 18.1. The van der Waals surface area contributed by atoms with Crippen LogP contribution < -0.4 is 4.72 Å². The Bertz CT molecular complexity index is 1120. The lowest BCUT2D eigenvalue weighted by Crippen LogP contribution is -2.29. The summed E-state index contributed by atoms with van der Waals surface area (Å²) >= 11 is 7.00. The number of anilines is 1. The summed E-state index contributed by atoms with van der Waals surface area (Å²) in [4.78, 5) is 14.5. The molecule has 2 aromatic carbocycles. The summed E-state index contributed by atoms with van der Waals surface area (Å²) in [5, 5.41) is 0.367. The molecule has 0 radical (unpaired) electrons. The number of aromatic nitrogens is 2. The highest BCUT2D eigenvalue weighted by Gasteiger charge is 2.26. The number of likely N-dealkylation sites (tertiary alicyclic amines) is 1. The molecule has 0 saturated carbocycles. The number of sulfonamides is 1. The minimum Gasteiger partial charge on any atom is -0.339 e. The van der Waals surface area contributed by atoms with Gasteiger partial charge in [0.2, 0.25) is 0 Å². The molecule has 0 unspecified atom stereocenters. The first-order valence-corrected chi connectivity index (χ1v) is 10.9. The van der Waals surface area contributed by atoms with Crippen LogP contribution >= 0.6 is 23.3 Å². The summed E-state index contributed by atoms with van der Waals surface area (Å²) in [6.07, 6.45) is 1.87. The molecule has 1 amide bonds. The second kappa shape index (κ2) is 7.06. The molecule has 0 aliphatic carbocycles. The minimum absolute atomic E-state index is 0.0169. The van der Waals surface area contributed by atoms with Crippen molar-refractivity contribution in [2.45, 2.75) is 17.7 Å². The molecule has 1 N–H and O–H groups in total. The molecule has 1 aliphatic rings. The van der Waals surface area contributed by atoms with Crippen molar-refractivity contribution in [2.75, 3.05) is 17.8 Å². The lowest BCUT2D eigenvalue weighted by atomic mass is 10.1. The van der Waals surface area contributed by atoms with E-state index in [2.05, 4.69) is 13.5 Å². The van der Waals surface area contributed by atoms with Gasteiger partial charge in [-0.25, -0.2) is 8.42 Å². The molecular formula is C17H15ClN4O3S2. The number of carbonyl (C=O) groups is 1. The Labute approximate surface area is 165 Å². The van der Waals surface area contributed by atoms with E-state index in [1.54, 1.807) is 23.1 Å². The van der Waals surface area contributed by atoms with Crippen molar-refractivity contribution in [3.05, 3.63) is 47.0 Å². The Kier molecular flexibility index (Phi) is 4.75. The molecule has 0 bridgehead atoms. The predicted octanol–water partition coefficient (Wildman–Crippen LogP) is 3.38.